The van der Waals surface area contributed by atoms with Gasteiger partial charge in [-0.25, -0.2) is 4.79 Å². The van der Waals surface area contributed by atoms with Crippen LogP contribution in [0.4, 0.5) is 0 Å². The number of esters is 1. The van der Waals surface area contributed by atoms with Crippen LogP contribution >= 0.6 is 11.8 Å². The highest BCUT2D eigenvalue weighted by Gasteiger charge is 2.54. The lowest BCUT2D eigenvalue weighted by Gasteiger charge is -2.39. The van der Waals surface area contributed by atoms with E-state index in [1.807, 2.05) is 6.92 Å². The Morgan fingerprint density at radius 1 is 1.59 bits per heavy atom. The first-order valence-corrected chi connectivity index (χ1v) is 6.82. The lowest BCUT2D eigenvalue weighted by molar-refractivity contribution is -0.157. The SMILES string of the molecule is CC[C@]1(C(=O)OC)CS[C@H](C(C)(C)C)N1C=O. The minimum atomic E-state index is -0.793. The van der Waals surface area contributed by atoms with Gasteiger partial charge in [0.1, 0.15) is 5.54 Å². The van der Waals surface area contributed by atoms with Crippen molar-refractivity contribution < 1.29 is 14.3 Å². The standard InChI is InChI=1S/C12H21NO3S/c1-6-12(10(15)16-5)7-17-9(11(2,3)4)13(12)8-14/h8-9H,6-7H2,1-5H3/t9-,12-/m1/s1. The van der Waals surface area contributed by atoms with Gasteiger partial charge < -0.3 is 9.64 Å². The van der Waals surface area contributed by atoms with Crippen molar-refractivity contribution >= 4 is 24.1 Å². The second kappa shape index (κ2) is 4.88. The van der Waals surface area contributed by atoms with Gasteiger partial charge in [0, 0.05) is 5.75 Å². The molecule has 1 rings (SSSR count). The summed E-state index contributed by atoms with van der Waals surface area (Å²) in [6.07, 6.45) is 1.37. The minimum Gasteiger partial charge on any atom is -0.467 e. The van der Waals surface area contributed by atoms with Gasteiger partial charge in [-0.05, 0) is 11.8 Å². The molecule has 0 spiro atoms. The number of rotatable bonds is 3. The van der Waals surface area contributed by atoms with Crippen LogP contribution in [0.2, 0.25) is 0 Å². The van der Waals surface area contributed by atoms with E-state index < -0.39 is 5.54 Å². The number of thioether (sulfide) groups is 1. The molecule has 1 saturated heterocycles. The zero-order valence-corrected chi connectivity index (χ0v) is 12.0. The van der Waals surface area contributed by atoms with Crippen molar-refractivity contribution in [2.75, 3.05) is 12.9 Å². The Kier molecular flexibility index (Phi) is 4.12. The third-order valence-electron chi connectivity index (χ3n) is 3.23. The van der Waals surface area contributed by atoms with Crippen LogP contribution in [0.1, 0.15) is 34.1 Å². The van der Waals surface area contributed by atoms with E-state index in [0.717, 1.165) is 6.41 Å². The van der Waals surface area contributed by atoms with Gasteiger partial charge in [-0.1, -0.05) is 27.7 Å². The van der Waals surface area contributed by atoms with E-state index in [4.69, 9.17) is 4.74 Å². The second-order valence-electron chi connectivity index (χ2n) is 5.42. The summed E-state index contributed by atoms with van der Waals surface area (Å²) in [5, 5.41) is 0.0130. The molecule has 0 aliphatic carbocycles. The quantitative estimate of drug-likeness (QED) is 0.573. The lowest BCUT2D eigenvalue weighted by atomic mass is 9.90. The number of methoxy groups -OCH3 is 1. The summed E-state index contributed by atoms with van der Waals surface area (Å²) in [6, 6.07) is 0. The van der Waals surface area contributed by atoms with Gasteiger partial charge >= 0.3 is 5.97 Å². The molecule has 0 unspecified atom stereocenters. The molecule has 4 nitrogen and oxygen atoms in total. The summed E-state index contributed by atoms with van der Waals surface area (Å²) in [6.45, 7) is 8.14. The van der Waals surface area contributed by atoms with Gasteiger partial charge in [0.25, 0.3) is 0 Å². The van der Waals surface area contributed by atoms with E-state index in [-0.39, 0.29) is 16.8 Å². The maximum atomic E-state index is 12.0. The van der Waals surface area contributed by atoms with Gasteiger partial charge in [-0.2, -0.15) is 0 Å². The van der Waals surface area contributed by atoms with Crippen molar-refractivity contribution in [1.82, 2.24) is 4.90 Å². The van der Waals surface area contributed by atoms with Crippen molar-refractivity contribution in [2.45, 2.75) is 45.0 Å². The number of carbonyl (C=O) groups excluding carboxylic acids is 2. The first-order chi connectivity index (χ1) is 7.83. The number of hydrogen-bond acceptors (Lipinski definition) is 4. The highest BCUT2D eigenvalue weighted by Crippen LogP contribution is 2.45. The topological polar surface area (TPSA) is 46.6 Å². The zero-order chi connectivity index (χ0) is 13.3. The van der Waals surface area contributed by atoms with E-state index in [0.29, 0.717) is 12.2 Å². The Morgan fingerprint density at radius 2 is 2.18 bits per heavy atom. The van der Waals surface area contributed by atoms with Gasteiger partial charge in [0.2, 0.25) is 6.41 Å². The van der Waals surface area contributed by atoms with Crippen LogP contribution < -0.4 is 0 Å². The van der Waals surface area contributed by atoms with Crippen LogP contribution in [-0.2, 0) is 14.3 Å². The molecule has 1 amide bonds. The van der Waals surface area contributed by atoms with Crippen molar-refractivity contribution in [1.29, 1.82) is 0 Å². The molecule has 0 radical (unpaired) electrons. The van der Waals surface area contributed by atoms with Crippen molar-refractivity contribution in [2.24, 2.45) is 5.41 Å². The molecule has 1 heterocycles. The zero-order valence-electron chi connectivity index (χ0n) is 11.1. The van der Waals surface area contributed by atoms with Gasteiger partial charge in [-0.3, -0.25) is 4.79 Å². The molecule has 1 fully saturated rings. The molecule has 5 heteroatoms. The molecule has 0 aromatic carbocycles. The molecule has 1 aliphatic rings. The predicted molar refractivity (Wildman–Crippen MR) is 68.6 cm³/mol. The van der Waals surface area contributed by atoms with Crippen molar-refractivity contribution in [3.8, 4) is 0 Å². The van der Waals surface area contributed by atoms with Crippen LogP contribution in [-0.4, -0.2) is 41.1 Å². The fourth-order valence-corrected chi connectivity index (χ4v) is 4.02. The van der Waals surface area contributed by atoms with Gasteiger partial charge in [0.05, 0.1) is 12.5 Å². The van der Waals surface area contributed by atoms with Crippen molar-refractivity contribution in [3.05, 3.63) is 0 Å². The Bertz CT molecular complexity index is 313. The van der Waals surface area contributed by atoms with Crippen LogP contribution in [0.25, 0.3) is 0 Å². The van der Waals surface area contributed by atoms with Crippen LogP contribution in [0.5, 0.6) is 0 Å². The smallest absolute Gasteiger partial charge is 0.332 e. The summed E-state index contributed by atoms with van der Waals surface area (Å²) in [5.41, 5.74) is -0.852. The lowest BCUT2D eigenvalue weighted by Crippen LogP contribution is -2.56. The molecule has 0 N–H and O–H groups in total. The Labute approximate surface area is 107 Å². The number of amides is 1. The molecular formula is C12H21NO3S. The number of hydrogen-bond donors (Lipinski definition) is 0. The molecule has 98 valence electrons. The number of ether oxygens (including phenoxy) is 1. The van der Waals surface area contributed by atoms with E-state index in [2.05, 4.69) is 20.8 Å². The summed E-state index contributed by atoms with van der Waals surface area (Å²) in [4.78, 5) is 25.0. The van der Waals surface area contributed by atoms with E-state index in [1.54, 1.807) is 16.7 Å². The molecule has 2 atom stereocenters. The first kappa shape index (κ1) is 14.4. The molecule has 17 heavy (non-hydrogen) atoms. The fraction of sp³-hybridized carbons (Fsp3) is 0.833. The Balaban J connectivity index is 3.11. The van der Waals surface area contributed by atoms with E-state index in [9.17, 15) is 9.59 Å². The molecule has 0 saturated carbocycles. The van der Waals surface area contributed by atoms with Crippen LogP contribution in [0.3, 0.4) is 0 Å². The minimum absolute atomic E-state index is 0.0130. The summed E-state index contributed by atoms with van der Waals surface area (Å²) < 4.78 is 4.87. The predicted octanol–water partition coefficient (Wildman–Crippen LogP) is 1.89. The first-order valence-electron chi connectivity index (χ1n) is 5.77. The molecule has 0 aromatic heterocycles. The average molecular weight is 259 g/mol. The van der Waals surface area contributed by atoms with E-state index >= 15 is 0 Å². The van der Waals surface area contributed by atoms with Gasteiger partial charge in [0.15, 0.2) is 0 Å². The summed E-state index contributed by atoms with van der Waals surface area (Å²) >= 11 is 1.65. The molecule has 1 aliphatic heterocycles. The molecule has 0 aromatic rings. The number of nitrogens with zero attached hydrogens (tertiary/aromatic N) is 1. The fourth-order valence-electron chi connectivity index (χ4n) is 2.20. The second-order valence-corrected chi connectivity index (χ2v) is 6.49. The number of carbonyl (C=O) groups is 2. The highest BCUT2D eigenvalue weighted by molar-refractivity contribution is 8.00. The Morgan fingerprint density at radius 3 is 2.53 bits per heavy atom. The van der Waals surface area contributed by atoms with Crippen LogP contribution in [0.15, 0.2) is 0 Å². The van der Waals surface area contributed by atoms with Crippen molar-refractivity contribution in [3.63, 3.8) is 0 Å². The van der Waals surface area contributed by atoms with Gasteiger partial charge in [-0.15, -0.1) is 11.8 Å². The third-order valence-corrected chi connectivity index (χ3v) is 5.13. The Hall–Kier alpha value is -0.710. The maximum Gasteiger partial charge on any atom is 0.332 e. The third kappa shape index (κ3) is 2.30. The van der Waals surface area contributed by atoms with Crippen LogP contribution in [0, 0.1) is 5.41 Å². The molecule has 0 bridgehead atoms. The van der Waals surface area contributed by atoms with E-state index in [1.165, 1.54) is 7.11 Å². The summed E-state index contributed by atoms with van der Waals surface area (Å²) in [7, 11) is 1.37. The summed E-state index contributed by atoms with van der Waals surface area (Å²) in [5.74, 6) is 0.294. The highest BCUT2D eigenvalue weighted by atomic mass is 32.2. The largest absolute Gasteiger partial charge is 0.467 e. The monoisotopic (exact) mass is 259 g/mol. The average Bonchev–Trinajstić information content (AvgIpc) is 2.67. The normalized spacial score (nSPS) is 29.2. The maximum absolute atomic E-state index is 12.0. The molecular weight excluding hydrogens is 238 g/mol.